The molecule has 2 atom stereocenters. The minimum atomic E-state index is -0.296. The first-order chi connectivity index (χ1) is 8.53. The van der Waals surface area contributed by atoms with Gasteiger partial charge in [-0.25, -0.2) is 0 Å². The van der Waals surface area contributed by atoms with Gasteiger partial charge in [-0.3, -0.25) is 4.79 Å². The van der Waals surface area contributed by atoms with Gasteiger partial charge in [-0.1, -0.05) is 29.8 Å². The van der Waals surface area contributed by atoms with E-state index in [0.717, 1.165) is 25.1 Å². The van der Waals surface area contributed by atoms with Crippen LogP contribution in [0.1, 0.15) is 31.9 Å². The van der Waals surface area contributed by atoms with Crippen molar-refractivity contribution in [2.75, 3.05) is 13.1 Å². The third-order valence-electron chi connectivity index (χ3n) is 3.64. The van der Waals surface area contributed by atoms with Crippen LogP contribution >= 0.6 is 24.0 Å². The zero-order chi connectivity index (χ0) is 13.2. The van der Waals surface area contributed by atoms with Crippen LogP contribution in [0.3, 0.4) is 0 Å². The van der Waals surface area contributed by atoms with Crippen LogP contribution in [-0.2, 0) is 4.79 Å². The predicted octanol–water partition coefficient (Wildman–Crippen LogP) is 2.94. The highest BCUT2D eigenvalue weighted by Crippen LogP contribution is 2.27. The molecular weight excluding hydrogens is 283 g/mol. The maximum Gasteiger partial charge on any atom is 0.227 e. The molecule has 19 heavy (non-hydrogen) atoms. The second kappa shape index (κ2) is 6.60. The second-order valence-corrected chi connectivity index (χ2v) is 5.61. The Morgan fingerprint density at radius 1 is 1.47 bits per heavy atom. The fourth-order valence-electron chi connectivity index (χ4n) is 2.29. The van der Waals surface area contributed by atoms with Crippen molar-refractivity contribution in [2.24, 2.45) is 5.41 Å². The van der Waals surface area contributed by atoms with Gasteiger partial charge in [-0.2, -0.15) is 0 Å². The van der Waals surface area contributed by atoms with E-state index < -0.39 is 0 Å². The lowest BCUT2D eigenvalue weighted by atomic mass is 9.88. The van der Waals surface area contributed by atoms with Gasteiger partial charge in [0.25, 0.3) is 0 Å². The van der Waals surface area contributed by atoms with Crippen LogP contribution in [0.15, 0.2) is 24.3 Å². The standard InChI is InChI=1S/C14H19ClN2O.ClH/c1-10(11-5-3-4-6-12(11)15)17-13(18)14(2)7-8-16-9-14;/h3-6,10,16H,7-9H2,1-2H3,(H,17,18);1H. The maximum absolute atomic E-state index is 12.3. The summed E-state index contributed by atoms with van der Waals surface area (Å²) in [5.41, 5.74) is 0.664. The maximum atomic E-state index is 12.3. The van der Waals surface area contributed by atoms with Crippen LogP contribution in [0.2, 0.25) is 5.02 Å². The molecule has 1 aromatic rings. The summed E-state index contributed by atoms with van der Waals surface area (Å²) >= 11 is 6.13. The minimum Gasteiger partial charge on any atom is -0.349 e. The molecule has 106 valence electrons. The Morgan fingerprint density at radius 3 is 2.74 bits per heavy atom. The molecule has 1 saturated heterocycles. The van der Waals surface area contributed by atoms with E-state index in [0.29, 0.717) is 5.02 Å². The van der Waals surface area contributed by atoms with Crippen LogP contribution in [0.4, 0.5) is 0 Å². The number of nitrogens with one attached hydrogen (secondary N) is 2. The average molecular weight is 303 g/mol. The summed E-state index contributed by atoms with van der Waals surface area (Å²) in [5, 5.41) is 6.98. The lowest BCUT2D eigenvalue weighted by Crippen LogP contribution is -2.41. The molecule has 0 aromatic heterocycles. The van der Waals surface area contributed by atoms with Crippen molar-refractivity contribution in [3.8, 4) is 0 Å². The molecule has 3 nitrogen and oxygen atoms in total. The van der Waals surface area contributed by atoms with Crippen molar-refractivity contribution in [3.05, 3.63) is 34.9 Å². The molecule has 0 bridgehead atoms. The molecule has 2 rings (SSSR count). The number of hydrogen-bond acceptors (Lipinski definition) is 2. The number of halogens is 2. The molecule has 5 heteroatoms. The van der Waals surface area contributed by atoms with Crippen LogP contribution in [0, 0.1) is 5.41 Å². The molecule has 2 unspecified atom stereocenters. The van der Waals surface area contributed by atoms with Gasteiger partial charge in [0.1, 0.15) is 0 Å². The second-order valence-electron chi connectivity index (χ2n) is 5.20. The Labute approximate surface area is 125 Å². The highest BCUT2D eigenvalue weighted by atomic mass is 35.5. The van der Waals surface area contributed by atoms with Crippen molar-refractivity contribution in [3.63, 3.8) is 0 Å². The topological polar surface area (TPSA) is 41.1 Å². The molecule has 1 aliphatic rings. The van der Waals surface area contributed by atoms with E-state index in [9.17, 15) is 4.79 Å². The smallest absolute Gasteiger partial charge is 0.227 e. The lowest BCUT2D eigenvalue weighted by Gasteiger charge is -2.25. The zero-order valence-electron chi connectivity index (χ0n) is 11.2. The number of amides is 1. The molecule has 0 spiro atoms. The Kier molecular flexibility index (Phi) is 5.65. The SMILES string of the molecule is CC(NC(=O)C1(C)CCNC1)c1ccccc1Cl.Cl. The molecule has 1 heterocycles. The van der Waals surface area contributed by atoms with Gasteiger partial charge in [-0.05, 0) is 38.4 Å². The number of hydrogen-bond donors (Lipinski definition) is 2. The quantitative estimate of drug-likeness (QED) is 0.901. The van der Waals surface area contributed by atoms with E-state index in [-0.39, 0.29) is 29.8 Å². The van der Waals surface area contributed by atoms with Gasteiger partial charge in [0.15, 0.2) is 0 Å². The normalized spacial score (nSPS) is 23.5. The molecule has 1 aliphatic heterocycles. The summed E-state index contributed by atoms with van der Waals surface area (Å²) in [5.74, 6) is 0.0971. The van der Waals surface area contributed by atoms with Crippen LogP contribution in [0.25, 0.3) is 0 Å². The van der Waals surface area contributed by atoms with Gasteiger partial charge in [0.05, 0.1) is 11.5 Å². The summed E-state index contributed by atoms with van der Waals surface area (Å²) in [6.07, 6.45) is 0.883. The van der Waals surface area contributed by atoms with Crippen LogP contribution < -0.4 is 10.6 Å². The van der Waals surface area contributed by atoms with Crippen molar-refractivity contribution in [1.82, 2.24) is 10.6 Å². The van der Waals surface area contributed by atoms with E-state index in [1.54, 1.807) is 0 Å². The highest BCUT2D eigenvalue weighted by molar-refractivity contribution is 6.31. The van der Waals surface area contributed by atoms with E-state index in [1.165, 1.54) is 0 Å². The summed E-state index contributed by atoms with van der Waals surface area (Å²) in [6, 6.07) is 7.55. The number of benzene rings is 1. The fraction of sp³-hybridized carbons (Fsp3) is 0.500. The van der Waals surface area contributed by atoms with Gasteiger partial charge in [0.2, 0.25) is 5.91 Å². The Bertz CT molecular complexity index is 445. The van der Waals surface area contributed by atoms with Crippen LogP contribution in [-0.4, -0.2) is 19.0 Å². The number of rotatable bonds is 3. The largest absolute Gasteiger partial charge is 0.349 e. The van der Waals surface area contributed by atoms with E-state index >= 15 is 0 Å². The number of carbonyl (C=O) groups is 1. The van der Waals surface area contributed by atoms with Crippen molar-refractivity contribution in [1.29, 1.82) is 0 Å². The molecule has 2 N–H and O–H groups in total. The fourth-order valence-corrected chi connectivity index (χ4v) is 2.59. The Balaban J connectivity index is 0.00000180. The third-order valence-corrected chi connectivity index (χ3v) is 3.98. The minimum absolute atomic E-state index is 0. The molecule has 0 aliphatic carbocycles. The van der Waals surface area contributed by atoms with Gasteiger partial charge in [0, 0.05) is 11.6 Å². The third kappa shape index (κ3) is 3.62. The van der Waals surface area contributed by atoms with E-state index in [1.807, 2.05) is 38.1 Å². The summed E-state index contributed by atoms with van der Waals surface area (Å²) in [6.45, 7) is 5.62. The molecular formula is C14H20Cl2N2O. The highest BCUT2D eigenvalue weighted by Gasteiger charge is 2.36. The van der Waals surface area contributed by atoms with Gasteiger partial charge in [-0.15, -0.1) is 12.4 Å². The Hall–Kier alpha value is -0.770. The predicted molar refractivity (Wildman–Crippen MR) is 80.9 cm³/mol. The van der Waals surface area contributed by atoms with E-state index in [2.05, 4.69) is 10.6 Å². The first-order valence-corrected chi connectivity index (χ1v) is 6.67. The van der Waals surface area contributed by atoms with Crippen molar-refractivity contribution >= 4 is 29.9 Å². The molecule has 0 radical (unpaired) electrons. The average Bonchev–Trinajstić information content (AvgIpc) is 2.78. The van der Waals surface area contributed by atoms with Gasteiger partial charge >= 0.3 is 0 Å². The molecule has 1 aromatic carbocycles. The Morgan fingerprint density at radius 2 is 2.16 bits per heavy atom. The first kappa shape index (κ1) is 16.3. The molecule has 1 fully saturated rings. The van der Waals surface area contributed by atoms with E-state index in [4.69, 9.17) is 11.6 Å². The summed E-state index contributed by atoms with van der Waals surface area (Å²) in [7, 11) is 0. The molecule has 0 saturated carbocycles. The lowest BCUT2D eigenvalue weighted by molar-refractivity contribution is -0.129. The van der Waals surface area contributed by atoms with Gasteiger partial charge < -0.3 is 10.6 Å². The zero-order valence-corrected chi connectivity index (χ0v) is 12.8. The van der Waals surface area contributed by atoms with Crippen molar-refractivity contribution < 1.29 is 4.79 Å². The van der Waals surface area contributed by atoms with Crippen molar-refractivity contribution in [2.45, 2.75) is 26.3 Å². The number of carbonyl (C=O) groups excluding carboxylic acids is 1. The van der Waals surface area contributed by atoms with Crippen LogP contribution in [0.5, 0.6) is 0 Å². The summed E-state index contributed by atoms with van der Waals surface area (Å²) < 4.78 is 0. The first-order valence-electron chi connectivity index (χ1n) is 6.29. The monoisotopic (exact) mass is 302 g/mol. The molecule has 1 amide bonds. The summed E-state index contributed by atoms with van der Waals surface area (Å²) in [4.78, 5) is 12.3.